The van der Waals surface area contributed by atoms with E-state index in [2.05, 4.69) is 5.32 Å². The molecule has 1 N–H and O–H groups in total. The Morgan fingerprint density at radius 2 is 1.69 bits per heavy atom. The molecule has 1 aliphatic heterocycles. The lowest BCUT2D eigenvalue weighted by Crippen LogP contribution is -2.45. The van der Waals surface area contributed by atoms with Crippen molar-refractivity contribution in [3.63, 3.8) is 0 Å². The second-order valence-corrected chi connectivity index (χ2v) is 10.9. The fraction of sp³-hybridized carbons (Fsp3) is 0.680. The molecule has 0 radical (unpaired) electrons. The molecule has 10 heteroatoms. The van der Waals surface area contributed by atoms with Gasteiger partial charge in [-0.05, 0) is 72.9 Å². The molecule has 1 heterocycles. The largest absolute Gasteiger partial charge is 0.444 e. The first-order valence-corrected chi connectivity index (χ1v) is 12.2. The van der Waals surface area contributed by atoms with Gasteiger partial charge in [-0.2, -0.15) is 0 Å². The summed E-state index contributed by atoms with van der Waals surface area (Å²) in [6.07, 6.45) is 1.37. The van der Waals surface area contributed by atoms with Gasteiger partial charge in [-0.15, -0.1) is 0 Å². The summed E-state index contributed by atoms with van der Waals surface area (Å²) in [7, 11) is 0. The van der Waals surface area contributed by atoms with Crippen molar-refractivity contribution < 1.29 is 24.0 Å². The summed E-state index contributed by atoms with van der Waals surface area (Å²) < 4.78 is 11.2. The van der Waals surface area contributed by atoms with Crippen molar-refractivity contribution in [2.24, 2.45) is 0 Å². The van der Waals surface area contributed by atoms with E-state index >= 15 is 0 Å². The molecule has 2 amide bonds. The highest BCUT2D eigenvalue weighted by Crippen LogP contribution is 2.19. The molecule has 196 valence electrons. The van der Waals surface area contributed by atoms with E-state index in [1.165, 1.54) is 12.1 Å². The van der Waals surface area contributed by atoms with Gasteiger partial charge < -0.3 is 24.6 Å². The molecule has 0 aromatic heterocycles. The summed E-state index contributed by atoms with van der Waals surface area (Å²) in [6, 6.07) is 6.33. The summed E-state index contributed by atoms with van der Waals surface area (Å²) in [4.78, 5) is 39.7. The molecule has 1 aromatic rings. The first-order valence-electron chi connectivity index (χ1n) is 12.2. The number of benzene rings is 1. The maximum atomic E-state index is 12.9. The van der Waals surface area contributed by atoms with E-state index in [0.717, 1.165) is 19.5 Å². The summed E-state index contributed by atoms with van der Waals surface area (Å²) in [5.41, 5.74) is -0.615. The van der Waals surface area contributed by atoms with Crippen LogP contribution < -0.4 is 5.32 Å². The smallest absolute Gasteiger partial charge is 0.410 e. The van der Waals surface area contributed by atoms with E-state index in [-0.39, 0.29) is 24.4 Å². The Balaban J connectivity index is 2.04. The molecule has 0 saturated carbocycles. The molecule has 10 nitrogen and oxygen atoms in total. The number of nitrogens with one attached hydrogen (secondary N) is 1. The zero-order valence-electron chi connectivity index (χ0n) is 21.8. The second kappa shape index (κ2) is 12.2. The number of non-ortho nitro benzene ring substituents is 1. The van der Waals surface area contributed by atoms with Gasteiger partial charge >= 0.3 is 12.2 Å². The number of ether oxygens (including phenoxy) is 2. The highest BCUT2D eigenvalue weighted by atomic mass is 16.6. The van der Waals surface area contributed by atoms with Gasteiger partial charge in [0.15, 0.2) is 0 Å². The molecule has 1 saturated heterocycles. The number of unbranched alkanes of at least 4 members (excludes halogenated alkanes) is 1. The lowest BCUT2D eigenvalue weighted by molar-refractivity contribution is -0.384. The van der Waals surface area contributed by atoms with Crippen LogP contribution in [0.1, 0.15) is 66.4 Å². The number of carbonyl (C=O) groups is 2. The highest BCUT2D eigenvalue weighted by molar-refractivity contribution is 5.69. The number of nitro benzene ring substituents is 1. The van der Waals surface area contributed by atoms with Crippen LogP contribution in [0.15, 0.2) is 24.3 Å². The Labute approximate surface area is 208 Å². The van der Waals surface area contributed by atoms with Crippen LogP contribution in [-0.4, -0.2) is 70.3 Å². The molecule has 35 heavy (non-hydrogen) atoms. The first-order chi connectivity index (χ1) is 16.2. The number of amides is 2. The molecule has 0 bridgehead atoms. The molecular formula is C25H40N4O6. The van der Waals surface area contributed by atoms with Crippen LogP contribution in [0.4, 0.5) is 15.3 Å². The van der Waals surface area contributed by atoms with Gasteiger partial charge in [0.05, 0.1) is 4.92 Å². The monoisotopic (exact) mass is 492 g/mol. The van der Waals surface area contributed by atoms with Crippen molar-refractivity contribution in [2.75, 3.05) is 26.2 Å². The SMILES string of the molecule is CC(C)(C)OC(=O)N(CCCCN(C(=O)OC(C)(C)C)C1CCNC1)Cc1cccc([N+](=O)[O-])c1. The van der Waals surface area contributed by atoms with Gasteiger partial charge in [-0.3, -0.25) is 10.1 Å². The Hall–Kier alpha value is -2.88. The van der Waals surface area contributed by atoms with Crippen molar-refractivity contribution in [1.82, 2.24) is 15.1 Å². The van der Waals surface area contributed by atoms with Crippen molar-refractivity contribution in [1.29, 1.82) is 0 Å². The summed E-state index contributed by atoms with van der Waals surface area (Å²) in [6.45, 7) is 13.6. The number of hydrogen-bond donors (Lipinski definition) is 1. The number of rotatable bonds is 9. The number of hydrogen-bond acceptors (Lipinski definition) is 7. The second-order valence-electron chi connectivity index (χ2n) is 10.9. The van der Waals surface area contributed by atoms with Crippen LogP contribution in [0.2, 0.25) is 0 Å². The quantitative estimate of drug-likeness (QED) is 0.302. The zero-order valence-corrected chi connectivity index (χ0v) is 21.8. The van der Waals surface area contributed by atoms with Crippen LogP contribution in [0.5, 0.6) is 0 Å². The van der Waals surface area contributed by atoms with E-state index < -0.39 is 22.2 Å². The predicted octanol–water partition coefficient (Wildman–Crippen LogP) is 4.71. The fourth-order valence-electron chi connectivity index (χ4n) is 3.78. The van der Waals surface area contributed by atoms with Gasteiger partial charge in [0.2, 0.25) is 0 Å². The topological polar surface area (TPSA) is 114 Å². The van der Waals surface area contributed by atoms with Gasteiger partial charge in [0.25, 0.3) is 5.69 Å². The Morgan fingerprint density at radius 1 is 1.06 bits per heavy atom. The Bertz CT molecular complexity index is 871. The summed E-state index contributed by atoms with van der Waals surface area (Å²) in [5.74, 6) is 0. The minimum atomic E-state index is -0.666. The van der Waals surface area contributed by atoms with Crippen molar-refractivity contribution in [2.45, 2.75) is 84.6 Å². The standard InChI is InChI=1S/C25H40N4O6/c1-24(2,3)34-22(30)27(18-19-10-9-11-20(16-19)29(32)33)14-7-8-15-28(21-12-13-26-17-21)23(31)35-25(4,5)6/h9-11,16,21,26H,7-8,12-15,17-18H2,1-6H3. The van der Waals surface area contributed by atoms with Crippen LogP contribution in [0.25, 0.3) is 0 Å². The molecule has 1 aliphatic rings. The van der Waals surface area contributed by atoms with Crippen molar-refractivity contribution in [3.05, 3.63) is 39.9 Å². The third-order valence-electron chi connectivity index (χ3n) is 5.33. The van der Waals surface area contributed by atoms with Gasteiger partial charge in [-0.25, -0.2) is 9.59 Å². The number of nitro groups is 1. The maximum Gasteiger partial charge on any atom is 0.410 e. The number of carbonyl (C=O) groups excluding carboxylic acids is 2. The lowest BCUT2D eigenvalue weighted by atomic mass is 10.1. The molecule has 0 aliphatic carbocycles. The van der Waals surface area contributed by atoms with E-state index in [1.54, 1.807) is 42.7 Å². The molecular weight excluding hydrogens is 452 g/mol. The zero-order chi connectivity index (χ0) is 26.2. The average molecular weight is 493 g/mol. The molecule has 2 rings (SSSR count). The predicted molar refractivity (Wildman–Crippen MR) is 133 cm³/mol. The van der Waals surface area contributed by atoms with Gasteiger partial charge in [0.1, 0.15) is 11.2 Å². The first kappa shape index (κ1) is 28.4. The minimum absolute atomic E-state index is 0.0233. The lowest BCUT2D eigenvalue weighted by Gasteiger charge is -2.32. The van der Waals surface area contributed by atoms with E-state index in [4.69, 9.17) is 9.47 Å². The van der Waals surface area contributed by atoms with Crippen molar-refractivity contribution >= 4 is 17.9 Å². The number of nitrogens with zero attached hydrogens (tertiary/aromatic N) is 3. The molecule has 1 fully saturated rings. The summed E-state index contributed by atoms with van der Waals surface area (Å²) in [5, 5.41) is 14.4. The molecule has 0 spiro atoms. The third kappa shape index (κ3) is 10.1. The van der Waals surface area contributed by atoms with Gasteiger partial charge in [-0.1, -0.05) is 12.1 Å². The van der Waals surface area contributed by atoms with E-state index in [1.807, 2.05) is 20.8 Å². The van der Waals surface area contributed by atoms with Gasteiger partial charge in [0, 0.05) is 44.4 Å². The van der Waals surface area contributed by atoms with Crippen LogP contribution >= 0.6 is 0 Å². The van der Waals surface area contributed by atoms with Crippen LogP contribution in [-0.2, 0) is 16.0 Å². The molecule has 1 aromatic carbocycles. The van der Waals surface area contributed by atoms with E-state index in [9.17, 15) is 19.7 Å². The summed E-state index contributed by atoms with van der Waals surface area (Å²) >= 11 is 0. The third-order valence-corrected chi connectivity index (χ3v) is 5.33. The Kier molecular flexibility index (Phi) is 9.88. The Morgan fingerprint density at radius 3 is 2.26 bits per heavy atom. The van der Waals surface area contributed by atoms with Crippen LogP contribution in [0.3, 0.4) is 0 Å². The molecule has 1 atom stereocenters. The normalized spacial score (nSPS) is 16.0. The van der Waals surface area contributed by atoms with Crippen molar-refractivity contribution in [3.8, 4) is 0 Å². The average Bonchev–Trinajstić information content (AvgIpc) is 3.24. The van der Waals surface area contributed by atoms with E-state index in [0.29, 0.717) is 31.5 Å². The highest BCUT2D eigenvalue weighted by Gasteiger charge is 2.30. The molecule has 1 unspecified atom stereocenters. The maximum absolute atomic E-state index is 12.9. The van der Waals surface area contributed by atoms with Crippen LogP contribution in [0, 0.1) is 10.1 Å². The minimum Gasteiger partial charge on any atom is -0.444 e. The fourth-order valence-corrected chi connectivity index (χ4v) is 3.78.